The van der Waals surface area contributed by atoms with Crippen LogP contribution in [0.2, 0.25) is 0 Å². The number of rotatable bonds is 8. The lowest BCUT2D eigenvalue weighted by Crippen LogP contribution is -2.29. The normalized spacial score (nSPS) is 12.0. The first-order chi connectivity index (χ1) is 13.1. The fourth-order valence-electron chi connectivity index (χ4n) is 2.67. The third-order valence-electron chi connectivity index (χ3n) is 4.37. The molecule has 0 radical (unpaired) electrons. The number of carbonyl (C=O) groups is 1. The van der Waals surface area contributed by atoms with E-state index in [1.165, 1.54) is 4.88 Å². The zero-order chi connectivity index (χ0) is 19.2. The zero-order valence-electron chi connectivity index (χ0n) is 15.7. The summed E-state index contributed by atoms with van der Waals surface area (Å²) < 4.78 is 10.7. The summed E-state index contributed by atoms with van der Waals surface area (Å²) in [5.41, 5.74) is 0.850. The van der Waals surface area contributed by atoms with Gasteiger partial charge in [0.05, 0.1) is 12.6 Å². The Morgan fingerprint density at radius 1 is 1.30 bits per heavy atom. The molecule has 7 heteroatoms. The van der Waals surface area contributed by atoms with E-state index in [9.17, 15) is 4.79 Å². The van der Waals surface area contributed by atoms with Crippen molar-refractivity contribution in [1.82, 2.24) is 15.0 Å². The molecule has 1 unspecified atom stereocenters. The molecular weight excluding hydrogens is 362 g/mol. The molecule has 1 atom stereocenters. The van der Waals surface area contributed by atoms with Gasteiger partial charge in [0, 0.05) is 30.3 Å². The van der Waals surface area contributed by atoms with Gasteiger partial charge in [0.25, 0.3) is 0 Å². The van der Waals surface area contributed by atoms with Crippen LogP contribution in [-0.4, -0.2) is 34.6 Å². The number of ether oxygens (including phenoxy) is 1. The second-order valence-electron chi connectivity index (χ2n) is 6.17. The van der Waals surface area contributed by atoms with Gasteiger partial charge in [-0.05, 0) is 49.6 Å². The molecule has 0 spiro atoms. The summed E-state index contributed by atoms with van der Waals surface area (Å²) in [4.78, 5) is 19.8. The Bertz CT molecular complexity index is 859. The number of nitrogens with zero attached hydrogens (tertiary/aromatic N) is 3. The van der Waals surface area contributed by atoms with Gasteiger partial charge in [0.2, 0.25) is 17.6 Å². The Morgan fingerprint density at radius 2 is 2.07 bits per heavy atom. The van der Waals surface area contributed by atoms with Crippen LogP contribution < -0.4 is 4.74 Å². The van der Waals surface area contributed by atoms with Crippen molar-refractivity contribution in [3.05, 3.63) is 52.5 Å². The molecule has 0 N–H and O–H groups in total. The van der Waals surface area contributed by atoms with Crippen LogP contribution >= 0.6 is 11.3 Å². The summed E-state index contributed by atoms with van der Waals surface area (Å²) in [5, 5.41) is 6.03. The molecule has 1 aromatic carbocycles. The van der Waals surface area contributed by atoms with Crippen LogP contribution in [0.5, 0.6) is 5.75 Å². The Morgan fingerprint density at radius 3 is 2.74 bits per heavy atom. The summed E-state index contributed by atoms with van der Waals surface area (Å²) in [5.74, 6) is 1.83. The van der Waals surface area contributed by atoms with Crippen molar-refractivity contribution >= 4 is 17.2 Å². The molecule has 142 valence electrons. The van der Waals surface area contributed by atoms with Crippen molar-refractivity contribution in [2.24, 2.45) is 0 Å². The predicted molar refractivity (Wildman–Crippen MR) is 105 cm³/mol. The lowest BCUT2D eigenvalue weighted by molar-refractivity contribution is -0.131. The fraction of sp³-hybridized carbons (Fsp3) is 0.350. The molecule has 3 rings (SSSR count). The maximum Gasteiger partial charge on any atom is 0.227 e. The van der Waals surface area contributed by atoms with Gasteiger partial charge in [-0.3, -0.25) is 4.79 Å². The topological polar surface area (TPSA) is 68.5 Å². The van der Waals surface area contributed by atoms with Crippen LogP contribution in [0.4, 0.5) is 0 Å². The molecule has 2 aromatic heterocycles. The second-order valence-corrected chi connectivity index (χ2v) is 7.14. The van der Waals surface area contributed by atoms with E-state index in [0.717, 1.165) is 11.3 Å². The van der Waals surface area contributed by atoms with Gasteiger partial charge in [-0.25, -0.2) is 0 Å². The van der Waals surface area contributed by atoms with Crippen molar-refractivity contribution in [3.63, 3.8) is 0 Å². The van der Waals surface area contributed by atoms with Crippen molar-refractivity contribution in [1.29, 1.82) is 0 Å². The van der Waals surface area contributed by atoms with Crippen molar-refractivity contribution < 1.29 is 14.1 Å². The zero-order valence-corrected chi connectivity index (χ0v) is 16.5. The molecule has 0 fully saturated rings. The minimum atomic E-state index is 0.0525. The largest absolute Gasteiger partial charge is 0.494 e. The molecule has 1 amide bonds. The van der Waals surface area contributed by atoms with Gasteiger partial charge in [0.1, 0.15) is 5.75 Å². The highest BCUT2D eigenvalue weighted by atomic mass is 32.1. The van der Waals surface area contributed by atoms with Gasteiger partial charge >= 0.3 is 0 Å². The molecular formula is C20H23N3O3S. The summed E-state index contributed by atoms with van der Waals surface area (Å²) in [6.45, 7) is 4.60. The number of carbonyl (C=O) groups excluding carboxylic acids is 1. The Balaban J connectivity index is 1.56. The maximum atomic E-state index is 12.5. The van der Waals surface area contributed by atoms with E-state index in [1.807, 2.05) is 62.7 Å². The standard InChI is InChI=1S/C20H23N3O3S/c1-4-25-16-9-7-15(8-10-16)20-21-18(26-22-20)11-12-19(24)23(3)14(2)17-6-5-13-27-17/h5-10,13-14H,4,11-12H2,1-3H3. The molecule has 0 aliphatic heterocycles. The van der Waals surface area contributed by atoms with Gasteiger partial charge < -0.3 is 14.2 Å². The Hall–Kier alpha value is -2.67. The van der Waals surface area contributed by atoms with Crippen LogP contribution in [0.3, 0.4) is 0 Å². The third-order valence-corrected chi connectivity index (χ3v) is 5.42. The van der Waals surface area contributed by atoms with E-state index in [-0.39, 0.29) is 11.9 Å². The number of hydrogen-bond donors (Lipinski definition) is 0. The average molecular weight is 385 g/mol. The van der Waals surface area contributed by atoms with Crippen LogP contribution in [-0.2, 0) is 11.2 Å². The molecule has 2 heterocycles. The van der Waals surface area contributed by atoms with Gasteiger partial charge in [-0.1, -0.05) is 11.2 Å². The van der Waals surface area contributed by atoms with Gasteiger partial charge in [-0.15, -0.1) is 11.3 Å². The molecule has 6 nitrogen and oxygen atoms in total. The quantitative estimate of drug-likeness (QED) is 0.577. The number of amides is 1. The van der Waals surface area contributed by atoms with Crippen molar-refractivity contribution in [2.45, 2.75) is 32.7 Å². The Labute approximate surface area is 162 Å². The lowest BCUT2D eigenvalue weighted by atomic mass is 10.2. The van der Waals surface area contributed by atoms with E-state index < -0.39 is 0 Å². The molecule has 0 aliphatic rings. The van der Waals surface area contributed by atoms with Crippen LogP contribution in [0.15, 0.2) is 46.3 Å². The highest BCUT2D eigenvalue weighted by Gasteiger charge is 2.19. The van der Waals surface area contributed by atoms with E-state index in [2.05, 4.69) is 10.1 Å². The minimum Gasteiger partial charge on any atom is -0.494 e. The number of aryl methyl sites for hydroxylation is 1. The molecule has 3 aromatic rings. The Kier molecular flexibility index (Phi) is 6.24. The lowest BCUT2D eigenvalue weighted by Gasteiger charge is -2.23. The molecule has 0 bridgehead atoms. The van der Waals surface area contributed by atoms with Crippen LogP contribution in [0.1, 0.15) is 37.1 Å². The third kappa shape index (κ3) is 4.74. The summed E-state index contributed by atoms with van der Waals surface area (Å²) in [6.07, 6.45) is 0.751. The van der Waals surface area contributed by atoms with E-state index in [1.54, 1.807) is 16.2 Å². The molecule has 0 saturated carbocycles. The predicted octanol–water partition coefficient (Wildman–Crippen LogP) is 4.35. The number of benzene rings is 1. The van der Waals surface area contributed by atoms with Crippen molar-refractivity contribution in [2.75, 3.05) is 13.7 Å². The van der Waals surface area contributed by atoms with E-state index >= 15 is 0 Å². The number of aromatic nitrogens is 2. The molecule has 0 aliphatic carbocycles. The average Bonchev–Trinajstić information content (AvgIpc) is 3.38. The highest BCUT2D eigenvalue weighted by molar-refractivity contribution is 7.10. The van der Waals surface area contributed by atoms with E-state index in [0.29, 0.717) is 31.2 Å². The maximum absolute atomic E-state index is 12.5. The smallest absolute Gasteiger partial charge is 0.227 e. The first-order valence-electron chi connectivity index (χ1n) is 8.93. The summed E-state index contributed by atoms with van der Waals surface area (Å²) >= 11 is 1.65. The SMILES string of the molecule is CCOc1ccc(-c2noc(CCC(=O)N(C)C(C)c3cccs3)n2)cc1. The number of hydrogen-bond acceptors (Lipinski definition) is 6. The second kappa shape index (κ2) is 8.81. The molecule has 27 heavy (non-hydrogen) atoms. The summed E-state index contributed by atoms with van der Waals surface area (Å²) in [6, 6.07) is 11.6. The van der Waals surface area contributed by atoms with Crippen LogP contribution in [0, 0.1) is 0 Å². The fourth-order valence-corrected chi connectivity index (χ4v) is 3.49. The van der Waals surface area contributed by atoms with Crippen LogP contribution in [0.25, 0.3) is 11.4 Å². The van der Waals surface area contributed by atoms with Gasteiger partial charge in [-0.2, -0.15) is 4.98 Å². The monoisotopic (exact) mass is 385 g/mol. The highest BCUT2D eigenvalue weighted by Crippen LogP contribution is 2.24. The molecule has 0 saturated heterocycles. The van der Waals surface area contributed by atoms with E-state index in [4.69, 9.17) is 9.26 Å². The summed E-state index contributed by atoms with van der Waals surface area (Å²) in [7, 11) is 1.83. The minimum absolute atomic E-state index is 0.0525. The number of thiophene rings is 1. The first-order valence-corrected chi connectivity index (χ1v) is 9.81. The van der Waals surface area contributed by atoms with Crippen molar-refractivity contribution in [3.8, 4) is 17.1 Å². The van der Waals surface area contributed by atoms with Gasteiger partial charge in [0.15, 0.2) is 0 Å². The first kappa shape index (κ1) is 19.1.